The monoisotopic (exact) mass is 102 g/mol. The standard InChI is InChI=1S/C4H6O3/c1-4(2-6-4)7-3-5/h3H,2H2,1H3. The van der Waals surface area contributed by atoms with Crippen LogP contribution in [0.3, 0.4) is 0 Å². The first-order chi connectivity index (χ1) is 3.27. The van der Waals surface area contributed by atoms with E-state index in [1.807, 2.05) is 0 Å². The van der Waals surface area contributed by atoms with Crippen LogP contribution < -0.4 is 0 Å². The van der Waals surface area contributed by atoms with Crippen LogP contribution in [0.1, 0.15) is 6.92 Å². The van der Waals surface area contributed by atoms with Gasteiger partial charge in [-0.1, -0.05) is 0 Å². The van der Waals surface area contributed by atoms with Gasteiger partial charge in [-0.25, -0.2) is 0 Å². The Morgan fingerprint density at radius 2 is 2.57 bits per heavy atom. The minimum absolute atomic E-state index is 0.396. The third kappa shape index (κ3) is 0.899. The van der Waals surface area contributed by atoms with E-state index in [-0.39, 0.29) is 0 Å². The summed E-state index contributed by atoms with van der Waals surface area (Å²) in [6, 6.07) is 0. The molecule has 1 aliphatic rings. The lowest BCUT2D eigenvalue weighted by molar-refractivity contribution is -0.140. The molecule has 7 heavy (non-hydrogen) atoms. The van der Waals surface area contributed by atoms with E-state index in [1.54, 1.807) is 6.92 Å². The molecular weight excluding hydrogens is 96.0 g/mol. The molecule has 1 aliphatic heterocycles. The van der Waals surface area contributed by atoms with Gasteiger partial charge in [-0.05, 0) is 0 Å². The van der Waals surface area contributed by atoms with E-state index in [1.165, 1.54) is 0 Å². The van der Waals surface area contributed by atoms with Crippen LogP contribution in [0.4, 0.5) is 0 Å². The van der Waals surface area contributed by atoms with Gasteiger partial charge in [-0.15, -0.1) is 0 Å². The molecule has 0 bridgehead atoms. The SMILES string of the molecule is CC1(OC=O)CO1. The highest BCUT2D eigenvalue weighted by Crippen LogP contribution is 2.25. The quantitative estimate of drug-likeness (QED) is 0.361. The van der Waals surface area contributed by atoms with Crippen molar-refractivity contribution >= 4 is 6.47 Å². The van der Waals surface area contributed by atoms with Gasteiger partial charge >= 0.3 is 0 Å². The smallest absolute Gasteiger partial charge is 0.295 e. The highest BCUT2D eigenvalue weighted by molar-refractivity contribution is 5.38. The van der Waals surface area contributed by atoms with Crippen LogP contribution in [-0.2, 0) is 14.3 Å². The first-order valence-corrected chi connectivity index (χ1v) is 2.02. The summed E-state index contributed by atoms with van der Waals surface area (Å²) in [4.78, 5) is 9.56. The average molecular weight is 102 g/mol. The van der Waals surface area contributed by atoms with Crippen LogP contribution in [0.2, 0.25) is 0 Å². The largest absolute Gasteiger partial charge is 0.433 e. The predicted molar refractivity (Wildman–Crippen MR) is 21.5 cm³/mol. The number of carbonyl (C=O) groups excluding carboxylic acids is 1. The van der Waals surface area contributed by atoms with Gasteiger partial charge in [0.15, 0.2) is 0 Å². The van der Waals surface area contributed by atoms with Crippen LogP contribution in [0.5, 0.6) is 0 Å². The zero-order valence-electron chi connectivity index (χ0n) is 4.01. The van der Waals surface area contributed by atoms with Crippen molar-refractivity contribution in [1.82, 2.24) is 0 Å². The van der Waals surface area contributed by atoms with Crippen LogP contribution in [0.15, 0.2) is 0 Å². The third-order valence-corrected chi connectivity index (χ3v) is 0.848. The molecule has 1 rings (SSSR count). The summed E-state index contributed by atoms with van der Waals surface area (Å²) >= 11 is 0. The van der Waals surface area contributed by atoms with Crippen molar-refractivity contribution in [2.45, 2.75) is 12.7 Å². The molecule has 0 aromatic carbocycles. The second-order valence-electron chi connectivity index (χ2n) is 1.64. The van der Waals surface area contributed by atoms with E-state index in [0.717, 1.165) is 0 Å². The Balaban J connectivity index is 2.25. The highest BCUT2D eigenvalue weighted by atomic mass is 16.8. The van der Waals surface area contributed by atoms with Crippen LogP contribution >= 0.6 is 0 Å². The maximum Gasteiger partial charge on any atom is 0.295 e. The minimum Gasteiger partial charge on any atom is -0.433 e. The summed E-state index contributed by atoms with van der Waals surface area (Å²) in [6.07, 6.45) is 0. The number of carbonyl (C=O) groups is 1. The molecule has 40 valence electrons. The van der Waals surface area contributed by atoms with E-state index in [2.05, 4.69) is 9.47 Å². The molecule has 0 aliphatic carbocycles. The van der Waals surface area contributed by atoms with E-state index >= 15 is 0 Å². The Morgan fingerprint density at radius 3 is 2.71 bits per heavy atom. The number of epoxide rings is 1. The van der Waals surface area contributed by atoms with Gasteiger partial charge in [-0.3, -0.25) is 4.79 Å². The molecule has 0 aromatic rings. The molecule has 0 N–H and O–H groups in total. The second kappa shape index (κ2) is 1.20. The zero-order valence-corrected chi connectivity index (χ0v) is 4.01. The summed E-state index contributed by atoms with van der Waals surface area (Å²) in [7, 11) is 0. The summed E-state index contributed by atoms with van der Waals surface area (Å²) in [5.41, 5.74) is 0. The van der Waals surface area contributed by atoms with Crippen molar-refractivity contribution in [3.05, 3.63) is 0 Å². The van der Waals surface area contributed by atoms with Gasteiger partial charge < -0.3 is 9.47 Å². The van der Waals surface area contributed by atoms with Gasteiger partial charge in [0.2, 0.25) is 5.79 Å². The van der Waals surface area contributed by atoms with E-state index in [0.29, 0.717) is 13.1 Å². The van der Waals surface area contributed by atoms with Gasteiger partial charge in [0.1, 0.15) is 6.61 Å². The molecule has 0 aromatic heterocycles. The maximum atomic E-state index is 9.56. The zero-order chi connectivity index (χ0) is 5.33. The van der Waals surface area contributed by atoms with E-state index in [9.17, 15) is 4.79 Å². The van der Waals surface area contributed by atoms with Crippen LogP contribution in [0.25, 0.3) is 0 Å². The Labute approximate surface area is 41.2 Å². The Kier molecular flexibility index (Phi) is 0.785. The molecule has 0 radical (unpaired) electrons. The first kappa shape index (κ1) is 4.59. The molecule has 3 nitrogen and oxygen atoms in total. The fourth-order valence-corrected chi connectivity index (χ4v) is 0.271. The fraction of sp³-hybridized carbons (Fsp3) is 0.750. The van der Waals surface area contributed by atoms with Crippen molar-refractivity contribution < 1.29 is 14.3 Å². The molecule has 1 fully saturated rings. The average Bonchev–Trinajstić information content (AvgIpc) is 2.22. The first-order valence-electron chi connectivity index (χ1n) is 2.02. The van der Waals surface area contributed by atoms with Crippen molar-refractivity contribution in [3.63, 3.8) is 0 Å². The van der Waals surface area contributed by atoms with Crippen molar-refractivity contribution in [1.29, 1.82) is 0 Å². The molecule has 1 heterocycles. The van der Waals surface area contributed by atoms with Crippen molar-refractivity contribution in [2.24, 2.45) is 0 Å². The molecule has 1 atom stereocenters. The second-order valence-corrected chi connectivity index (χ2v) is 1.64. The number of ether oxygens (including phenoxy) is 2. The lowest BCUT2D eigenvalue weighted by atomic mass is 10.5. The molecule has 3 heteroatoms. The highest BCUT2D eigenvalue weighted by Gasteiger charge is 2.41. The Hall–Kier alpha value is -0.570. The van der Waals surface area contributed by atoms with E-state index in [4.69, 9.17) is 0 Å². The Morgan fingerprint density at radius 1 is 2.00 bits per heavy atom. The number of hydrogen-bond acceptors (Lipinski definition) is 3. The predicted octanol–water partition coefficient (Wildman–Crippen LogP) is -0.0942. The lowest BCUT2D eigenvalue weighted by Crippen LogP contribution is -2.07. The van der Waals surface area contributed by atoms with Gasteiger partial charge in [-0.2, -0.15) is 0 Å². The Bertz CT molecular complexity index is 84.9. The van der Waals surface area contributed by atoms with Gasteiger partial charge in [0.25, 0.3) is 6.47 Å². The summed E-state index contributed by atoms with van der Waals surface area (Å²) < 4.78 is 9.12. The molecular formula is C4H6O3. The normalized spacial score (nSPS) is 37.3. The number of rotatable bonds is 2. The van der Waals surface area contributed by atoms with Crippen molar-refractivity contribution in [3.8, 4) is 0 Å². The van der Waals surface area contributed by atoms with Crippen molar-refractivity contribution in [2.75, 3.05) is 6.61 Å². The van der Waals surface area contributed by atoms with Gasteiger partial charge in [0.05, 0.1) is 0 Å². The van der Waals surface area contributed by atoms with Crippen LogP contribution in [0, 0.1) is 0 Å². The van der Waals surface area contributed by atoms with Gasteiger partial charge in [0, 0.05) is 6.92 Å². The third-order valence-electron chi connectivity index (χ3n) is 0.848. The lowest BCUT2D eigenvalue weighted by Gasteiger charge is -1.96. The summed E-state index contributed by atoms with van der Waals surface area (Å²) in [6.45, 7) is 2.64. The molecule has 1 unspecified atom stereocenters. The fourth-order valence-electron chi connectivity index (χ4n) is 0.271. The minimum atomic E-state index is -0.568. The summed E-state index contributed by atoms with van der Waals surface area (Å²) in [5.74, 6) is -0.568. The molecule has 1 saturated heterocycles. The maximum absolute atomic E-state index is 9.56. The topological polar surface area (TPSA) is 38.8 Å². The van der Waals surface area contributed by atoms with Crippen LogP contribution in [-0.4, -0.2) is 18.9 Å². The number of hydrogen-bond donors (Lipinski definition) is 0. The molecule has 0 spiro atoms. The molecule has 0 saturated carbocycles. The molecule has 0 amide bonds. The summed E-state index contributed by atoms with van der Waals surface area (Å²) in [5, 5.41) is 0. The van der Waals surface area contributed by atoms with E-state index < -0.39 is 5.79 Å².